The lowest BCUT2D eigenvalue weighted by atomic mass is 10.0. The van der Waals surface area contributed by atoms with Gasteiger partial charge in [-0.05, 0) is 31.0 Å². The summed E-state index contributed by atoms with van der Waals surface area (Å²) in [5, 5.41) is 10.5. The molecular weight excluding hydrogens is 276 g/mol. The number of para-hydroxylation sites is 2. The molecule has 2 atom stereocenters. The summed E-state index contributed by atoms with van der Waals surface area (Å²) in [6.45, 7) is 2.62. The number of phenols is 1. The Labute approximate surface area is 131 Å². The number of nitrogens with two attached hydrogens (primary N) is 1. The van der Waals surface area contributed by atoms with Crippen LogP contribution in [-0.4, -0.2) is 24.8 Å². The van der Waals surface area contributed by atoms with Gasteiger partial charge >= 0.3 is 0 Å². The zero-order chi connectivity index (χ0) is 15.7. The molecule has 1 aliphatic rings. The van der Waals surface area contributed by atoms with Crippen molar-refractivity contribution in [3.63, 3.8) is 0 Å². The fraction of sp³-hybridized carbons (Fsp3) is 0.333. The molecule has 4 nitrogen and oxygen atoms in total. The zero-order valence-corrected chi connectivity index (χ0v) is 13.0. The van der Waals surface area contributed by atoms with Gasteiger partial charge in [-0.25, -0.2) is 0 Å². The van der Waals surface area contributed by atoms with Gasteiger partial charge in [-0.15, -0.1) is 0 Å². The lowest BCUT2D eigenvalue weighted by molar-refractivity contribution is 0.367. The van der Waals surface area contributed by atoms with Crippen LogP contribution in [0.25, 0.3) is 0 Å². The van der Waals surface area contributed by atoms with E-state index in [-0.39, 0.29) is 11.8 Å². The molecule has 0 fully saturated rings. The summed E-state index contributed by atoms with van der Waals surface area (Å²) in [5.74, 6) is 0.660. The van der Waals surface area contributed by atoms with Crippen molar-refractivity contribution in [1.29, 1.82) is 0 Å². The van der Waals surface area contributed by atoms with Gasteiger partial charge in [-0.1, -0.05) is 30.3 Å². The summed E-state index contributed by atoms with van der Waals surface area (Å²) in [6, 6.07) is 14.2. The molecule has 0 aliphatic carbocycles. The van der Waals surface area contributed by atoms with E-state index in [1.165, 1.54) is 11.3 Å². The summed E-state index contributed by atoms with van der Waals surface area (Å²) < 4.78 is 5.23. The van der Waals surface area contributed by atoms with E-state index >= 15 is 0 Å². The maximum absolute atomic E-state index is 10.5. The number of hydrogen-bond donors (Lipinski definition) is 2. The maximum Gasteiger partial charge on any atom is 0.163 e. The van der Waals surface area contributed by atoms with Gasteiger partial charge in [-0.2, -0.15) is 0 Å². The van der Waals surface area contributed by atoms with Gasteiger partial charge in [0.1, 0.15) is 0 Å². The highest BCUT2D eigenvalue weighted by Crippen LogP contribution is 2.42. The van der Waals surface area contributed by atoms with E-state index in [1.807, 2.05) is 18.2 Å². The Balaban J connectivity index is 2.06. The van der Waals surface area contributed by atoms with E-state index in [9.17, 15) is 5.11 Å². The fourth-order valence-electron chi connectivity index (χ4n) is 3.43. The molecule has 0 bridgehead atoms. The average molecular weight is 298 g/mol. The average Bonchev–Trinajstić information content (AvgIpc) is 2.86. The van der Waals surface area contributed by atoms with Crippen LogP contribution in [0.5, 0.6) is 11.5 Å². The molecule has 2 aromatic carbocycles. The molecule has 0 amide bonds. The Hall–Kier alpha value is -2.20. The molecule has 2 aromatic rings. The molecule has 0 saturated carbocycles. The number of phenolic OH excluding ortho intramolecular Hbond substituents is 1. The SMILES string of the molecule is COc1cccc(C(CN)N2c3ccccc3CC2C)c1O. The van der Waals surface area contributed by atoms with Crippen molar-refractivity contribution < 1.29 is 9.84 Å². The van der Waals surface area contributed by atoms with Gasteiger partial charge in [-0.3, -0.25) is 0 Å². The Kier molecular flexibility index (Phi) is 3.94. The first-order valence-electron chi connectivity index (χ1n) is 7.59. The van der Waals surface area contributed by atoms with E-state index in [0.717, 1.165) is 12.0 Å². The summed E-state index contributed by atoms with van der Waals surface area (Å²) in [4.78, 5) is 2.31. The quantitative estimate of drug-likeness (QED) is 0.911. The van der Waals surface area contributed by atoms with Crippen LogP contribution in [0.2, 0.25) is 0 Å². The molecular formula is C18H22N2O2. The normalized spacial score (nSPS) is 18.1. The van der Waals surface area contributed by atoms with E-state index in [1.54, 1.807) is 13.2 Å². The Morgan fingerprint density at radius 2 is 2.05 bits per heavy atom. The van der Waals surface area contributed by atoms with Crippen LogP contribution >= 0.6 is 0 Å². The van der Waals surface area contributed by atoms with Crippen molar-refractivity contribution in [3.8, 4) is 11.5 Å². The molecule has 3 rings (SSSR count). The molecule has 0 aromatic heterocycles. The minimum atomic E-state index is -0.0752. The standard InChI is InChI=1S/C18H22N2O2/c1-12-10-13-6-3-4-8-15(13)20(12)16(11-19)14-7-5-9-17(22-2)18(14)21/h3-9,12,16,21H,10-11,19H2,1-2H3. The van der Waals surface area contributed by atoms with Gasteiger partial charge < -0.3 is 20.5 Å². The second-order valence-corrected chi connectivity index (χ2v) is 5.74. The van der Waals surface area contributed by atoms with Crippen LogP contribution in [0, 0.1) is 0 Å². The topological polar surface area (TPSA) is 58.7 Å². The largest absolute Gasteiger partial charge is 0.504 e. The Bertz CT molecular complexity index is 672. The summed E-state index contributed by atoms with van der Waals surface area (Å²) in [7, 11) is 1.56. The minimum absolute atomic E-state index is 0.0752. The number of rotatable bonds is 4. The van der Waals surface area contributed by atoms with Gasteiger partial charge in [0.05, 0.1) is 13.2 Å². The van der Waals surface area contributed by atoms with Crippen LogP contribution in [0.4, 0.5) is 5.69 Å². The molecule has 1 aliphatic heterocycles. The van der Waals surface area contributed by atoms with Crippen molar-refractivity contribution in [1.82, 2.24) is 0 Å². The summed E-state index contributed by atoms with van der Waals surface area (Å²) in [5.41, 5.74) is 9.41. The maximum atomic E-state index is 10.5. The van der Waals surface area contributed by atoms with Crippen molar-refractivity contribution >= 4 is 5.69 Å². The monoisotopic (exact) mass is 298 g/mol. The number of fused-ring (bicyclic) bond motifs is 1. The second-order valence-electron chi connectivity index (χ2n) is 5.74. The highest BCUT2D eigenvalue weighted by Gasteiger charge is 2.33. The molecule has 4 heteroatoms. The van der Waals surface area contributed by atoms with Crippen molar-refractivity contribution in [2.75, 3.05) is 18.6 Å². The smallest absolute Gasteiger partial charge is 0.163 e. The van der Waals surface area contributed by atoms with Crippen LogP contribution in [0.15, 0.2) is 42.5 Å². The number of hydrogen-bond acceptors (Lipinski definition) is 4. The lowest BCUT2D eigenvalue weighted by Crippen LogP contribution is -2.37. The molecule has 1 heterocycles. The zero-order valence-electron chi connectivity index (χ0n) is 13.0. The third kappa shape index (κ3) is 2.29. The molecule has 0 saturated heterocycles. The van der Waals surface area contributed by atoms with E-state index in [4.69, 9.17) is 10.5 Å². The first-order chi connectivity index (χ1) is 10.7. The summed E-state index contributed by atoms with van der Waals surface area (Å²) >= 11 is 0. The third-order valence-electron chi connectivity index (χ3n) is 4.43. The van der Waals surface area contributed by atoms with Crippen LogP contribution in [0.1, 0.15) is 24.1 Å². The minimum Gasteiger partial charge on any atom is -0.504 e. The van der Waals surface area contributed by atoms with Crippen LogP contribution in [-0.2, 0) is 6.42 Å². The van der Waals surface area contributed by atoms with E-state index < -0.39 is 0 Å². The van der Waals surface area contributed by atoms with E-state index in [2.05, 4.69) is 30.0 Å². The first-order valence-corrected chi connectivity index (χ1v) is 7.59. The highest BCUT2D eigenvalue weighted by molar-refractivity contribution is 5.62. The fourth-order valence-corrected chi connectivity index (χ4v) is 3.43. The third-order valence-corrected chi connectivity index (χ3v) is 4.43. The van der Waals surface area contributed by atoms with E-state index in [0.29, 0.717) is 18.3 Å². The number of nitrogens with zero attached hydrogens (tertiary/aromatic N) is 1. The van der Waals surface area contributed by atoms with Gasteiger partial charge in [0.2, 0.25) is 0 Å². The molecule has 3 N–H and O–H groups in total. The number of benzene rings is 2. The Morgan fingerprint density at radius 1 is 1.27 bits per heavy atom. The van der Waals surface area contributed by atoms with Gasteiger partial charge in [0.25, 0.3) is 0 Å². The van der Waals surface area contributed by atoms with Crippen molar-refractivity contribution in [2.45, 2.75) is 25.4 Å². The number of ether oxygens (including phenoxy) is 1. The molecule has 22 heavy (non-hydrogen) atoms. The summed E-state index contributed by atoms with van der Waals surface area (Å²) in [6.07, 6.45) is 0.997. The number of anilines is 1. The number of methoxy groups -OCH3 is 1. The van der Waals surface area contributed by atoms with Crippen LogP contribution < -0.4 is 15.4 Å². The number of aromatic hydroxyl groups is 1. The van der Waals surface area contributed by atoms with Crippen molar-refractivity contribution in [2.24, 2.45) is 5.73 Å². The molecule has 0 spiro atoms. The predicted molar refractivity (Wildman–Crippen MR) is 88.5 cm³/mol. The van der Waals surface area contributed by atoms with Crippen LogP contribution in [0.3, 0.4) is 0 Å². The first kappa shape index (κ1) is 14.7. The molecule has 116 valence electrons. The molecule has 0 radical (unpaired) electrons. The highest BCUT2D eigenvalue weighted by atomic mass is 16.5. The van der Waals surface area contributed by atoms with Gasteiger partial charge in [0.15, 0.2) is 11.5 Å². The lowest BCUT2D eigenvalue weighted by Gasteiger charge is -2.34. The Morgan fingerprint density at radius 3 is 2.77 bits per heavy atom. The molecule has 2 unspecified atom stereocenters. The van der Waals surface area contributed by atoms with Gasteiger partial charge in [0, 0.05) is 23.8 Å². The second kappa shape index (κ2) is 5.89. The van der Waals surface area contributed by atoms with Crippen molar-refractivity contribution in [3.05, 3.63) is 53.6 Å². The predicted octanol–water partition coefficient (Wildman–Crippen LogP) is 2.85.